The SMILES string of the molecule is CCCCN(C=O)CCN1Cc2ccc(Br)cc2C1=O. The van der Waals surface area contributed by atoms with E-state index in [4.69, 9.17) is 0 Å². The summed E-state index contributed by atoms with van der Waals surface area (Å²) in [7, 11) is 0. The highest BCUT2D eigenvalue weighted by atomic mass is 79.9. The Morgan fingerprint density at radius 1 is 1.40 bits per heavy atom. The highest BCUT2D eigenvalue weighted by Gasteiger charge is 2.27. The highest BCUT2D eigenvalue weighted by Crippen LogP contribution is 2.25. The van der Waals surface area contributed by atoms with Gasteiger partial charge in [-0.05, 0) is 24.1 Å². The molecule has 0 spiro atoms. The molecule has 0 fully saturated rings. The van der Waals surface area contributed by atoms with Crippen molar-refractivity contribution < 1.29 is 9.59 Å². The van der Waals surface area contributed by atoms with Crippen LogP contribution in [0.25, 0.3) is 0 Å². The number of unbranched alkanes of at least 4 members (excludes halogenated alkanes) is 1. The number of benzene rings is 1. The average molecular weight is 339 g/mol. The highest BCUT2D eigenvalue weighted by molar-refractivity contribution is 9.10. The van der Waals surface area contributed by atoms with Crippen LogP contribution in [0.4, 0.5) is 0 Å². The summed E-state index contributed by atoms with van der Waals surface area (Å²) in [6.45, 7) is 4.70. The van der Waals surface area contributed by atoms with Crippen molar-refractivity contribution in [1.29, 1.82) is 0 Å². The van der Waals surface area contributed by atoms with Gasteiger partial charge in [0.25, 0.3) is 5.91 Å². The van der Waals surface area contributed by atoms with Gasteiger partial charge >= 0.3 is 0 Å². The summed E-state index contributed by atoms with van der Waals surface area (Å²) in [5.74, 6) is 0.0580. The maximum atomic E-state index is 12.3. The zero-order valence-corrected chi connectivity index (χ0v) is 13.2. The Kier molecular flexibility index (Phi) is 5.17. The van der Waals surface area contributed by atoms with Crippen LogP contribution in [0, 0.1) is 0 Å². The quantitative estimate of drug-likeness (QED) is 0.717. The minimum Gasteiger partial charge on any atom is -0.343 e. The zero-order chi connectivity index (χ0) is 14.5. The van der Waals surface area contributed by atoms with Gasteiger partial charge in [0.2, 0.25) is 6.41 Å². The van der Waals surface area contributed by atoms with E-state index in [9.17, 15) is 9.59 Å². The average Bonchev–Trinajstić information content (AvgIpc) is 2.76. The second kappa shape index (κ2) is 6.88. The molecule has 4 nitrogen and oxygen atoms in total. The van der Waals surface area contributed by atoms with Crippen molar-refractivity contribution in [2.24, 2.45) is 0 Å². The van der Waals surface area contributed by atoms with E-state index in [1.807, 2.05) is 18.2 Å². The smallest absolute Gasteiger partial charge is 0.254 e. The fourth-order valence-electron chi connectivity index (χ4n) is 2.34. The minimum atomic E-state index is 0.0580. The first-order chi connectivity index (χ1) is 9.65. The normalized spacial score (nSPS) is 13.5. The Labute approximate surface area is 127 Å². The van der Waals surface area contributed by atoms with Crippen molar-refractivity contribution in [2.45, 2.75) is 26.3 Å². The molecular weight excluding hydrogens is 320 g/mol. The molecule has 2 amide bonds. The van der Waals surface area contributed by atoms with Crippen molar-refractivity contribution >= 4 is 28.2 Å². The third kappa shape index (κ3) is 3.39. The number of hydrogen-bond acceptors (Lipinski definition) is 2. The van der Waals surface area contributed by atoms with Crippen LogP contribution in [0.15, 0.2) is 22.7 Å². The number of amides is 2. The standard InChI is InChI=1S/C15H19BrN2O2/c1-2-3-6-17(11-19)7-8-18-10-12-4-5-13(16)9-14(12)15(18)20/h4-5,9,11H,2-3,6-8,10H2,1H3. The lowest BCUT2D eigenvalue weighted by molar-refractivity contribution is -0.118. The fraction of sp³-hybridized carbons (Fsp3) is 0.467. The summed E-state index contributed by atoms with van der Waals surface area (Å²) in [4.78, 5) is 26.8. The zero-order valence-electron chi connectivity index (χ0n) is 11.6. The van der Waals surface area contributed by atoms with Crippen molar-refractivity contribution in [3.05, 3.63) is 33.8 Å². The first kappa shape index (κ1) is 15.0. The van der Waals surface area contributed by atoms with E-state index in [0.29, 0.717) is 19.6 Å². The molecule has 1 aromatic carbocycles. The predicted molar refractivity (Wildman–Crippen MR) is 81.4 cm³/mol. The van der Waals surface area contributed by atoms with Gasteiger partial charge < -0.3 is 9.80 Å². The van der Waals surface area contributed by atoms with Crippen molar-refractivity contribution in [3.63, 3.8) is 0 Å². The molecule has 0 aromatic heterocycles. The molecule has 0 radical (unpaired) electrons. The van der Waals surface area contributed by atoms with E-state index in [0.717, 1.165) is 41.4 Å². The molecule has 20 heavy (non-hydrogen) atoms. The Morgan fingerprint density at radius 3 is 2.90 bits per heavy atom. The summed E-state index contributed by atoms with van der Waals surface area (Å²) in [5.41, 5.74) is 1.83. The molecule has 0 N–H and O–H groups in total. The molecule has 0 saturated heterocycles. The Morgan fingerprint density at radius 2 is 2.20 bits per heavy atom. The van der Waals surface area contributed by atoms with Crippen molar-refractivity contribution in [2.75, 3.05) is 19.6 Å². The van der Waals surface area contributed by atoms with Crippen molar-refractivity contribution in [1.82, 2.24) is 9.80 Å². The summed E-state index contributed by atoms with van der Waals surface area (Å²) < 4.78 is 0.920. The van der Waals surface area contributed by atoms with Gasteiger partial charge in [-0.25, -0.2) is 0 Å². The van der Waals surface area contributed by atoms with Crippen LogP contribution >= 0.6 is 15.9 Å². The Hall–Kier alpha value is -1.36. The molecule has 0 atom stereocenters. The number of halogens is 1. The third-order valence-electron chi connectivity index (χ3n) is 3.56. The van der Waals surface area contributed by atoms with Crippen LogP contribution in [-0.4, -0.2) is 41.8 Å². The first-order valence-corrected chi connectivity index (χ1v) is 7.72. The van der Waals surface area contributed by atoms with Crippen LogP contribution in [0.2, 0.25) is 0 Å². The van der Waals surface area contributed by atoms with Gasteiger partial charge in [-0.2, -0.15) is 0 Å². The lowest BCUT2D eigenvalue weighted by atomic mass is 10.1. The van der Waals surface area contributed by atoms with Crippen LogP contribution in [0.1, 0.15) is 35.7 Å². The van der Waals surface area contributed by atoms with Gasteiger partial charge in [0, 0.05) is 36.2 Å². The van der Waals surface area contributed by atoms with E-state index in [1.54, 1.807) is 9.80 Å². The first-order valence-electron chi connectivity index (χ1n) is 6.92. The van der Waals surface area contributed by atoms with Gasteiger partial charge in [-0.3, -0.25) is 9.59 Å². The van der Waals surface area contributed by atoms with E-state index < -0.39 is 0 Å². The van der Waals surface area contributed by atoms with E-state index in [2.05, 4.69) is 22.9 Å². The fourth-order valence-corrected chi connectivity index (χ4v) is 2.70. The lowest BCUT2D eigenvalue weighted by Gasteiger charge is -2.21. The van der Waals surface area contributed by atoms with Crippen LogP contribution in [0.3, 0.4) is 0 Å². The molecule has 0 saturated carbocycles. The minimum absolute atomic E-state index is 0.0580. The molecule has 0 aliphatic carbocycles. The molecule has 0 bridgehead atoms. The summed E-state index contributed by atoms with van der Waals surface area (Å²) >= 11 is 3.39. The predicted octanol–water partition coefficient (Wildman–Crippen LogP) is 2.66. The maximum absolute atomic E-state index is 12.3. The summed E-state index contributed by atoms with van der Waals surface area (Å²) in [6.07, 6.45) is 2.94. The summed E-state index contributed by atoms with van der Waals surface area (Å²) in [5, 5.41) is 0. The lowest BCUT2D eigenvalue weighted by Crippen LogP contribution is -2.35. The van der Waals surface area contributed by atoms with Crippen LogP contribution < -0.4 is 0 Å². The molecule has 1 aliphatic rings. The van der Waals surface area contributed by atoms with Gasteiger partial charge in [0.15, 0.2) is 0 Å². The van der Waals surface area contributed by atoms with Crippen molar-refractivity contribution in [3.8, 4) is 0 Å². The Balaban J connectivity index is 1.93. The second-order valence-electron chi connectivity index (χ2n) is 5.02. The molecule has 2 rings (SSSR count). The second-order valence-corrected chi connectivity index (χ2v) is 5.94. The van der Waals surface area contributed by atoms with E-state index >= 15 is 0 Å². The molecule has 1 aliphatic heterocycles. The number of carbonyl (C=O) groups excluding carboxylic acids is 2. The van der Waals surface area contributed by atoms with E-state index in [1.165, 1.54) is 0 Å². The largest absolute Gasteiger partial charge is 0.343 e. The molecule has 1 heterocycles. The monoisotopic (exact) mass is 338 g/mol. The van der Waals surface area contributed by atoms with Gasteiger partial charge in [0.1, 0.15) is 0 Å². The van der Waals surface area contributed by atoms with E-state index in [-0.39, 0.29) is 5.91 Å². The number of nitrogens with zero attached hydrogens (tertiary/aromatic N) is 2. The number of fused-ring (bicyclic) bond motifs is 1. The topological polar surface area (TPSA) is 40.6 Å². The number of hydrogen-bond donors (Lipinski definition) is 0. The van der Waals surface area contributed by atoms with Gasteiger partial charge in [-0.1, -0.05) is 35.3 Å². The Bertz CT molecular complexity index is 505. The third-order valence-corrected chi connectivity index (χ3v) is 4.05. The van der Waals surface area contributed by atoms with Gasteiger partial charge in [0.05, 0.1) is 0 Å². The summed E-state index contributed by atoms with van der Waals surface area (Å²) in [6, 6.07) is 5.80. The molecular formula is C15H19BrN2O2. The van der Waals surface area contributed by atoms with Gasteiger partial charge in [-0.15, -0.1) is 0 Å². The molecule has 1 aromatic rings. The molecule has 108 valence electrons. The molecule has 0 unspecified atom stereocenters. The number of carbonyl (C=O) groups is 2. The maximum Gasteiger partial charge on any atom is 0.254 e. The number of rotatable bonds is 7. The van der Waals surface area contributed by atoms with Crippen LogP contribution in [-0.2, 0) is 11.3 Å². The molecule has 5 heteroatoms. The van der Waals surface area contributed by atoms with Crippen LogP contribution in [0.5, 0.6) is 0 Å².